The average molecular weight is 187 g/mol. The topological polar surface area (TPSA) is 43.7 Å². The molecule has 1 aliphatic heterocycles. The molecular formula is C10H21NO2. The second-order valence-electron chi connectivity index (χ2n) is 5.12. The first-order valence-electron chi connectivity index (χ1n) is 4.96. The van der Waals surface area contributed by atoms with E-state index in [2.05, 4.69) is 4.90 Å². The van der Waals surface area contributed by atoms with Crippen molar-refractivity contribution in [1.29, 1.82) is 0 Å². The minimum Gasteiger partial charge on any atom is -0.389 e. The fraction of sp³-hybridized carbons (Fsp3) is 1.00. The Kier molecular flexibility index (Phi) is 3.00. The predicted octanol–water partition coefficient (Wildman–Crippen LogP) is 0.604. The van der Waals surface area contributed by atoms with Crippen LogP contribution in [-0.2, 0) is 0 Å². The molecule has 0 aromatic heterocycles. The zero-order valence-electron chi connectivity index (χ0n) is 8.88. The zero-order chi connectivity index (χ0) is 10.1. The molecule has 0 aromatic carbocycles. The second kappa shape index (κ2) is 3.56. The van der Waals surface area contributed by atoms with Crippen molar-refractivity contribution in [3.8, 4) is 0 Å². The standard InChI is InChI=1S/C10H21NO2/c1-9(2,12)7-11-6-4-5-10(3,13)8-11/h12-13H,4-8H2,1-3H3. The van der Waals surface area contributed by atoms with E-state index in [9.17, 15) is 10.2 Å². The van der Waals surface area contributed by atoms with E-state index in [1.54, 1.807) is 13.8 Å². The van der Waals surface area contributed by atoms with Gasteiger partial charge in [-0.3, -0.25) is 4.90 Å². The van der Waals surface area contributed by atoms with Gasteiger partial charge >= 0.3 is 0 Å². The van der Waals surface area contributed by atoms with Crippen molar-refractivity contribution in [3.05, 3.63) is 0 Å². The Hall–Kier alpha value is -0.120. The van der Waals surface area contributed by atoms with Crippen molar-refractivity contribution >= 4 is 0 Å². The van der Waals surface area contributed by atoms with E-state index in [4.69, 9.17) is 0 Å². The summed E-state index contributed by atoms with van der Waals surface area (Å²) >= 11 is 0. The average Bonchev–Trinajstić information content (AvgIpc) is 1.79. The molecule has 0 radical (unpaired) electrons. The third kappa shape index (κ3) is 4.07. The summed E-state index contributed by atoms with van der Waals surface area (Å²) in [5, 5.41) is 19.4. The Balaban J connectivity index is 2.44. The molecule has 3 heteroatoms. The highest BCUT2D eigenvalue weighted by Crippen LogP contribution is 2.21. The number of nitrogens with zero attached hydrogens (tertiary/aromatic N) is 1. The van der Waals surface area contributed by atoms with Crippen molar-refractivity contribution in [3.63, 3.8) is 0 Å². The van der Waals surface area contributed by atoms with Crippen molar-refractivity contribution in [2.24, 2.45) is 0 Å². The molecule has 0 saturated carbocycles. The van der Waals surface area contributed by atoms with Gasteiger partial charge in [0, 0.05) is 13.1 Å². The Morgan fingerprint density at radius 2 is 2.08 bits per heavy atom. The Bertz CT molecular complexity index is 170. The lowest BCUT2D eigenvalue weighted by Crippen LogP contribution is -2.50. The van der Waals surface area contributed by atoms with E-state index < -0.39 is 11.2 Å². The molecule has 13 heavy (non-hydrogen) atoms. The van der Waals surface area contributed by atoms with Gasteiger partial charge in [-0.1, -0.05) is 0 Å². The SMILES string of the molecule is CC(C)(O)CN1CCCC(C)(O)C1. The number of rotatable bonds is 2. The smallest absolute Gasteiger partial charge is 0.0746 e. The number of hydrogen-bond acceptors (Lipinski definition) is 3. The Labute approximate surface area is 80.4 Å². The molecule has 1 aliphatic rings. The summed E-state index contributed by atoms with van der Waals surface area (Å²) in [6.07, 6.45) is 1.89. The molecule has 2 N–H and O–H groups in total. The zero-order valence-corrected chi connectivity index (χ0v) is 8.88. The molecule has 1 rings (SSSR count). The summed E-state index contributed by atoms with van der Waals surface area (Å²) in [5.41, 5.74) is -1.23. The first kappa shape index (κ1) is 11.0. The van der Waals surface area contributed by atoms with Gasteiger partial charge in [0.05, 0.1) is 11.2 Å². The summed E-state index contributed by atoms with van der Waals surface area (Å²) < 4.78 is 0. The van der Waals surface area contributed by atoms with Crippen LogP contribution in [0.2, 0.25) is 0 Å². The van der Waals surface area contributed by atoms with Crippen LogP contribution in [0.4, 0.5) is 0 Å². The van der Waals surface area contributed by atoms with Gasteiger partial charge in [-0.05, 0) is 40.2 Å². The first-order chi connectivity index (χ1) is 5.79. The number of β-amino-alcohol motifs (C(OH)–C–C–N with tert-alkyl or cyclic N) is 2. The highest BCUT2D eigenvalue weighted by Gasteiger charge is 2.30. The van der Waals surface area contributed by atoms with E-state index in [1.807, 2.05) is 6.92 Å². The lowest BCUT2D eigenvalue weighted by molar-refractivity contribution is -0.0434. The Morgan fingerprint density at radius 3 is 2.54 bits per heavy atom. The van der Waals surface area contributed by atoms with Crippen LogP contribution in [0.1, 0.15) is 33.6 Å². The number of piperidine rings is 1. The van der Waals surface area contributed by atoms with Crippen molar-refractivity contribution in [2.45, 2.75) is 44.8 Å². The third-order valence-corrected chi connectivity index (χ3v) is 2.36. The van der Waals surface area contributed by atoms with Crippen LogP contribution in [0.3, 0.4) is 0 Å². The van der Waals surface area contributed by atoms with Crippen LogP contribution < -0.4 is 0 Å². The molecule has 3 nitrogen and oxygen atoms in total. The molecule has 0 aliphatic carbocycles. The maximum Gasteiger partial charge on any atom is 0.0746 e. The van der Waals surface area contributed by atoms with Gasteiger partial charge in [0.2, 0.25) is 0 Å². The molecule has 1 fully saturated rings. The van der Waals surface area contributed by atoms with Crippen LogP contribution in [0.25, 0.3) is 0 Å². The first-order valence-corrected chi connectivity index (χ1v) is 4.96. The van der Waals surface area contributed by atoms with Crippen molar-refractivity contribution in [2.75, 3.05) is 19.6 Å². The highest BCUT2D eigenvalue weighted by molar-refractivity contribution is 4.85. The molecule has 1 saturated heterocycles. The van der Waals surface area contributed by atoms with Crippen LogP contribution in [0.15, 0.2) is 0 Å². The van der Waals surface area contributed by atoms with Crippen molar-refractivity contribution < 1.29 is 10.2 Å². The van der Waals surface area contributed by atoms with E-state index in [0.29, 0.717) is 13.1 Å². The number of likely N-dealkylation sites (tertiary alicyclic amines) is 1. The van der Waals surface area contributed by atoms with Crippen molar-refractivity contribution in [1.82, 2.24) is 4.90 Å². The second-order valence-corrected chi connectivity index (χ2v) is 5.12. The van der Waals surface area contributed by atoms with Gasteiger partial charge in [-0.15, -0.1) is 0 Å². The molecular weight excluding hydrogens is 166 g/mol. The highest BCUT2D eigenvalue weighted by atomic mass is 16.3. The fourth-order valence-corrected chi connectivity index (χ4v) is 2.01. The number of hydrogen-bond donors (Lipinski definition) is 2. The van der Waals surface area contributed by atoms with Gasteiger partial charge in [0.25, 0.3) is 0 Å². The molecule has 78 valence electrons. The van der Waals surface area contributed by atoms with E-state index in [1.165, 1.54) is 0 Å². The third-order valence-electron chi connectivity index (χ3n) is 2.36. The largest absolute Gasteiger partial charge is 0.389 e. The molecule has 0 aromatic rings. The quantitative estimate of drug-likeness (QED) is 0.665. The summed E-state index contributed by atoms with van der Waals surface area (Å²) in [5.74, 6) is 0. The summed E-state index contributed by atoms with van der Waals surface area (Å²) in [6.45, 7) is 7.77. The van der Waals surface area contributed by atoms with E-state index >= 15 is 0 Å². The molecule has 1 atom stereocenters. The lowest BCUT2D eigenvalue weighted by Gasteiger charge is -2.39. The fourth-order valence-electron chi connectivity index (χ4n) is 2.01. The van der Waals surface area contributed by atoms with Gasteiger partial charge < -0.3 is 10.2 Å². The molecule has 0 spiro atoms. The minimum absolute atomic E-state index is 0.566. The van der Waals surface area contributed by atoms with E-state index in [0.717, 1.165) is 19.4 Å². The van der Waals surface area contributed by atoms with Gasteiger partial charge in [0.1, 0.15) is 0 Å². The maximum absolute atomic E-state index is 9.82. The Morgan fingerprint density at radius 1 is 1.46 bits per heavy atom. The maximum atomic E-state index is 9.82. The van der Waals surface area contributed by atoms with Gasteiger partial charge in [-0.2, -0.15) is 0 Å². The minimum atomic E-state index is -0.659. The number of aliphatic hydroxyl groups is 2. The normalized spacial score (nSPS) is 32.1. The molecule has 1 unspecified atom stereocenters. The van der Waals surface area contributed by atoms with Crippen LogP contribution in [0.5, 0.6) is 0 Å². The lowest BCUT2D eigenvalue weighted by atomic mass is 9.94. The summed E-state index contributed by atoms with van der Waals surface area (Å²) in [6, 6.07) is 0. The monoisotopic (exact) mass is 187 g/mol. The molecule has 0 amide bonds. The summed E-state index contributed by atoms with van der Waals surface area (Å²) in [7, 11) is 0. The van der Waals surface area contributed by atoms with E-state index in [-0.39, 0.29) is 0 Å². The summed E-state index contributed by atoms with van der Waals surface area (Å²) in [4.78, 5) is 2.13. The predicted molar refractivity (Wildman–Crippen MR) is 52.6 cm³/mol. The van der Waals surface area contributed by atoms with Crippen LogP contribution >= 0.6 is 0 Å². The van der Waals surface area contributed by atoms with Crippen LogP contribution in [0, 0.1) is 0 Å². The van der Waals surface area contributed by atoms with Crippen LogP contribution in [-0.4, -0.2) is 45.9 Å². The molecule has 0 bridgehead atoms. The molecule has 1 heterocycles. The van der Waals surface area contributed by atoms with Gasteiger partial charge in [-0.25, -0.2) is 0 Å². The van der Waals surface area contributed by atoms with Gasteiger partial charge in [0.15, 0.2) is 0 Å².